The molecule has 10 heteroatoms. The van der Waals surface area contributed by atoms with Crippen molar-refractivity contribution in [3.8, 4) is 0 Å². The summed E-state index contributed by atoms with van der Waals surface area (Å²) in [6, 6.07) is -0.0463. The fraction of sp³-hybridized carbons (Fsp3) is 0.636. The van der Waals surface area contributed by atoms with Crippen LogP contribution < -0.4 is 10.6 Å². The maximum Gasteiger partial charge on any atom is 0.119 e. The van der Waals surface area contributed by atoms with Crippen molar-refractivity contribution in [1.82, 2.24) is 10.6 Å². The molecule has 4 N–H and O–H groups in total. The number of hydrogen-bond acceptors (Lipinski definition) is 10. The second-order valence-electron chi connectivity index (χ2n) is 6.73. The van der Waals surface area contributed by atoms with Crippen molar-refractivity contribution in [3.63, 3.8) is 0 Å². The zero-order chi connectivity index (χ0) is 22.7. The fourth-order valence-corrected chi connectivity index (χ4v) is 2.82. The number of hydrogen-bond donors (Lipinski definition) is 4. The third-order valence-electron chi connectivity index (χ3n) is 4.30. The smallest absolute Gasteiger partial charge is 0.119 e. The quantitative estimate of drug-likeness (QED) is 0.195. The average molecular weight is 457 g/mol. The van der Waals surface area contributed by atoms with Crippen molar-refractivity contribution in [3.05, 3.63) is 47.7 Å². The van der Waals surface area contributed by atoms with E-state index in [9.17, 15) is 0 Å². The highest BCUT2D eigenvalue weighted by molar-refractivity contribution is 5.33. The first-order chi connectivity index (χ1) is 15.8. The summed E-state index contributed by atoms with van der Waals surface area (Å²) in [6.07, 6.45) is 9.68. The number of aliphatic hydroxyl groups is 2. The Hall–Kier alpha value is -2.08. The Bertz CT molecular complexity index is 621. The van der Waals surface area contributed by atoms with Gasteiger partial charge in [0.2, 0.25) is 0 Å². The van der Waals surface area contributed by atoms with Gasteiger partial charge in [0.05, 0.1) is 72.1 Å². The molecule has 2 aliphatic heterocycles. The van der Waals surface area contributed by atoms with Crippen LogP contribution in [0.15, 0.2) is 47.7 Å². The van der Waals surface area contributed by atoms with Gasteiger partial charge in [-0.3, -0.25) is 0 Å². The Morgan fingerprint density at radius 3 is 1.94 bits per heavy atom. The normalized spacial score (nSPS) is 17.7. The molecule has 0 fully saturated rings. The van der Waals surface area contributed by atoms with Gasteiger partial charge in [-0.2, -0.15) is 0 Å². The molecule has 10 nitrogen and oxygen atoms in total. The Morgan fingerprint density at radius 2 is 1.31 bits per heavy atom. The molecule has 2 aliphatic rings. The molecule has 182 valence electrons. The minimum absolute atomic E-state index is 0.0183. The van der Waals surface area contributed by atoms with E-state index in [1.54, 1.807) is 0 Å². The third kappa shape index (κ3) is 11.5. The molecule has 0 amide bonds. The number of dihydropyridines is 2. The standard InChI is InChI=1S/C22H36N2O8/c25-5-7-27-9-11-29-13-15-31-19-1-3-23-21(17-19)22-18-20(2-4-24-22)32-16-14-30-12-10-28-8-6-26/h1-3,17-18,21,23-26H,4-16H2. The van der Waals surface area contributed by atoms with Crippen LogP contribution in [0.3, 0.4) is 0 Å². The molecule has 1 unspecified atom stereocenters. The van der Waals surface area contributed by atoms with Gasteiger partial charge >= 0.3 is 0 Å². The first kappa shape index (κ1) is 26.2. The zero-order valence-corrected chi connectivity index (χ0v) is 18.5. The number of rotatable bonds is 19. The highest BCUT2D eigenvalue weighted by atomic mass is 16.6. The second kappa shape index (κ2) is 17.5. The van der Waals surface area contributed by atoms with E-state index in [1.165, 1.54) is 0 Å². The van der Waals surface area contributed by atoms with Gasteiger partial charge in [-0.1, -0.05) is 0 Å². The summed E-state index contributed by atoms with van der Waals surface area (Å²) in [7, 11) is 0. The molecule has 0 aromatic carbocycles. The van der Waals surface area contributed by atoms with Gasteiger partial charge in [0.1, 0.15) is 24.7 Å². The maximum absolute atomic E-state index is 8.63. The van der Waals surface area contributed by atoms with Crippen LogP contribution in [0.5, 0.6) is 0 Å². The molecule has 2 heterocycles. The summed E-state index contributed by atoms with van der Waals surface area (Å²) < 4.78 is 32.7. The average Bonchev–Trinajstić information content (AvgIpc) is 2.83. The van der Waals surface area contributed by atoms with E-state index in [0.29, 0.717) is 72.6 Å². The number of aliphatic hydroxyl groups excluding tert-OH is 2. The van der Waals surface area contributed by atoms with Crippen LogP contribution in [0, 0.1) is 0 Å². The molecule has 1 atom stereocenters. The lowest BCUT2D eigenvalue weighted by Crippen LogP contribution is -2.35. The van der Waals surface area contributed by atoms with Crippen LogP contribution in [-0.2, 0) is 28.4 Å². The van der Waals surface area contributed by atoms with E-state index in [4.69, 9.17) is 38.6 Å². The van der Waals surface area contributed by atoms with Gasteiger partial charge < -0.3 is 49.3 Å². The van der Waals surface area contributed by atoms with Gasteiger partial charge in [-0.15, -0.1) is 0 Å². The predicted octanol–water partition coefficient (Wildman–Crippen LogP) is -0.189. The first-order valence-corrected chi connectivity index (χ1v) is 10.9. The first-order valence-electron chi connectivity index (χ1n) is 10.9. The Morgan fingerprint density at radius 1 is 0.750 bits per heavy atom. The van der Waals surface area contributed by atoms with Gasteiger partial charge in [-0.05, 0) is 18.2 Å². The Balaban J connectivity index is 1.64. The largest absolute Gasteiger partial charge is 0.491 e. The van der Waals surface area contributed by atoms with Crippen LogP contribution >= 0.6 is 0 Å². The van der Waals surface area contributed by atoms with Crippen molar-refractivity contribution in [2.24, 2.45) is 0 Å². The van der Waals surface area contributed by atoms with Crippen molar-refractivity contribution in [2.75, 3.05) is 85.8 Å². The molecule has 32 heavy (non-hydrogen) atoms. The molecule has 2 rings (SSSR count). The SMILES string of the molecule is OCCOCCOCCOC1=CCNC(C2C=C(OCCOCCOCCO)C=CN2)=C1. The Kier molecular flexibility index (Phi) is 14.3. The number of allylic oxidation sites excluding steroid dienone is 2. The summed E-state index contributed by atoms with van der Waals surface area (Å²) in [5.41, 5.74) is 0.989. The van der Waals surface area contributed by atoms with E-state index in [-0.39, 0.29) is 19.3 Å². The van der Waals surface area contributed by atoms with E-state index >= 15 is 0 Å². The molecule has 0 saturated heterocycles. The second-order valence-corrected chi connectivity index (χ2v) is 6.73. The van der Waals surface area contributed by atoms with Gasteiger partial charge in [0, 0.05) is 24.5 Å². The summed E-state index contributed by atoms with van der Waals surface area (Å²) in [6.45, 7) is 5.04. The highest BCUT2D eigenvalue weighted by Gasteiger charge is 2.17. The van der Waals surface area contributed by atoms with Crippen LogP contribution in [0.2, 0.25) is 0 Å². The fourth-order valence-electron chi connectivity index (χ4n) is 2.82. The maximum atomic E-state index is 8.63. The molecular weight excluding hydrogens is 420 g/mol. The molecule has 0 radical (unpaired) electrons. The van der Waals surface area contributed by atoms with Crippen LogP contribution in [0.25, 0.3) is 0 Å². The van der Waals surface area contributed by atoms with Crippen molar-refractivity contribution >= 4 is 0 Å². The van der Waals surface area contributed by atoms with Crippen LogP contribution in [0.4, 0.5) is 0 Å². The predicted molar refractivity (Wildman–Crippen MR) is 118 cm³/mol. The molecule has 0 saturated carbocycles. The van der Waals surface area contributed by atoms with Gasteiger partial charge in [0.25, 0.3) is 0 Å². The molecule has 0 bridgehead atoms. The molecule has 0 aliphatic carbocycles. The van der Waals surface area contributed by atoms with E-state index in [1.807, 2.05) is 30.5 Å². The van der Waals surface area contributed by atoms with Crippen molar-refractivity contribution < 1.29 is 38.6 Å². The molecule has 0 spiro atoms. The van der Waals surface area contributed by atoms with Gasteiger partial charge in [0.15, 0.2) is 0 Å². The summed E-state index contributed by atoms with van der Waals surface area (Å²) in [5.74, 6) is 1.56. The van der Waals surface area contributed by atoms with E-state index in [2.05, 4.69) is 10.6 Å². The van der Waals surface area contributed by atoms with E-state index in [0.717, 1.165) is 17.2 Å². The zero-order valence-electron chi connectivity index (χ0n) is 18.5. The van der Waals surface area contributed by atoms with E-state index < -0.39 is 0 Å². The van der Waals surface area contributed by atoms with Crippen molar-refractivity contribution in [2.45, 2.75) is 6.04 Å². The van der Waals surface area contributed by atoms with Crippen LogP contribution in [0.1, 0.15) is 0 Å². The minimum Gasteiger partial charge on any atom is -0.491 e. The molecule has 0 aromatic heterocycles. The topological polar surface area (TPSA) is 120 Å². The number of ether oxygens (including phenoxy) is 6. The lowest BCUT2D eigenvalue weighted by atomic mass is 10.1. The lowest BCUT2D eigenvalue weighted by molar-refractivity contribution is 0.0183. The number of nitrogens with one attached hydrogen (secondary N) is 2. The summed E-state index contributed by atoms with van der Waals surface area (Å²) >= 11 is 0. The molecule has 0 aromatic rings. The van der Waals surface area contributed by atoms with Crippen molar-refractivity contribution in [1.29, 1.82) is 0 Å². The lowest BCUT2D eigenvalue weighted by Gasteiger charge is -2.25. The van der Waals surface area contributed by atoms with Crippen LogP contribution in [-0.4, -0.2) is 102 Å². The Labute approximate surface area is 189 Å². The highest BCUT2D eigenvalue weighted by Crippen LogP contribution is 2.16. The molecular formula is C22H36N2O8. The summed E-state index contributed by atoms with van der Waals surface area (Å²) in [5, 5.41) is 23.9. The monoisotopic (exact) mass is 456 g/mol. The minimum atomic E-state index is -0.0463. The van der Waals surface area contributed by atoms with Gasteiger partial charge in [-0.25, -0.2) is 0 Å². The third-order valence-corrected chi connectivity index (χ3v) is 4.30. The summed E-state index contributed by atoms with van der Waals surface area (Å²) in [4.78, 5) is 0.